The molecule has 1 fully saturated rings. The van der Waals surface area contributed by atoms with E-state index in [1.807, 2.05) is 27.7 Å². The molecule has 2 amide bonds. The molecule has 2 atom stereocenters. The van der Waals surface area contributed by atoms with Gasteiger partial charge in [0.15, 0.2) is 0 Å². The summed E-state index contributed by atoms with van der Waals surface area (Å²) in [6, 6.07) is 9.06. The molecule has 0 aromatic heterocycles. The lowest BCUT2D eigenvalue weighted by Crippen LogP contribution is -2.53. The Bertz CT molecular complexity index is 1060. The van der Waals surface area contributed by atoms with Crippen molar-refractivity contribution in [3.63, 3.8) is 0 Å². The number of ether oxygens (including phenoxy) is 1. The first-order valence-electron chi connectivity index (χ1n) is 11.0. The number of alkyl halides is 3. The Hall–Kier alpha value is -3.23. The van der Waals surface area contributed by atoms with Crippen LogP contribution in [-0.2, 0) is 6.18 Å². The van der Waals surface area contributed by atoms with Gasteiger partial charge in [0.25, 0.3) is 5.91 Å². The van der Waals surface area contributed by atoms with Crippen LogP contribution in [0.3, 0.4) is 0 Å². The van der Waals surface area contributed by atoms with E-state index in [4.69, 9.17) is 4.74 Å². The molecule has 9 heteroatoms. The van der Waals surface area contributed by atoms with E-state index in [2.05, 4.69) is 5.32 Å². The summed E-state index contributed by atoms with van der Waals surface area (Å²) in [6.07, 6.45) is -4.65. The van der Waals surface area contributed by atoms with Crippen molar-refractivity contribution in [2.75, 3.05) is 11.9 Å². The van der Waals surface area contributed by atoms with Crippen LogP contribution in [0.15, 0.2) is 42.5 Å². The van der Waals surface area contributed by atoms with Gasteiger partial charge in [0.2, 0.25) is 0 Å². The Balaban J connectivity index is 1.74. The van der Waals surface area contributed by atoms with Crippen LogP contribution < -0.4 is 10.1 Å². The maximum absolute atomic E-state index is 13.0. The standard InChI is InChI=1S/C25H29F3N2O4/c1-15-8-9-18(29-22(31)16-6-5-7-17(12-16)25(26,27)28)13-20(15)34-19-10-11-30(23(32)33)21(14-19)24(2,3)4/h5-9,12-13,19,21H,10-11,14H2,1-4H3,(H,29,31)(H,32,33). The second-order valence-electron chi connectivity index (χ2n) is 9.63. The Kier molecular flexibility index (Phi) is 7.14. The number of carboxylic acid groups (broad SMARTS) is 1. The molecule has 2 aromatic rings. The number of hydrogen-bond acceptors (Lipinski definition) is 3. The van der Waals surface area contributed by atoms with Gasteiger partial charge in [-0.05, 0) is 42.2 Å². The largest absolute Gasteiger partial charge is 0.490 e. The van der Waals surface area contributed by atoms with Crippen molar-refractivity contribution in [3.05, 3.63) is 59.2 Å². The van der Waals surface area contributed by atoms with Crippen molar-refractivity contribution >= 4 is 17.7 Å². The molecule has 0 spiro atoms. The van der Waals surface area contributed by atoms with Gasteiger partial charge in [-0.1, -0.05) is 32.9 Å². The van der Waals surface area contributed by atoms with Crippen LogP contribution in [0.5, 0.6) is 5.75 Å². The van der Waals surface area contributed by atoms with Crippen LogP contribution in [0.2, 0.25) is 0 Å². The third-order valence-electron chi connectivity index (χ3n) is 5.99. The molecule has 2 unspecified atom stereocenters. The first-order valence-corrected chi connectivity index (χ1v) is 11.0. The molecule has 34 heavy (non-hydrogen) atoms. The van der Waals surface area contributed by atoms with Crippen molar-refractivity contribution in [1.82, 2.24) is 4.90 Å². The fourth-order valence-electron chi connectivity index (χ4n) is 4.11. The number of carbonyl (C=O) groups excluding carboxylic acids is 1. The van der Waals surface area contributed by atoms with Crippen molar-refractivity contribution in [1.29, 1.82) is 0 Å². The van der Waals surface area contributed by atoms with Gasteiger partial charge in [-0.25, -0.2) is 4.79 Å². The molecule has 6 nitrogen and oxygen atoms in total. The number of anilines is 1. The molecule has 0 radical (unpaired) electrons. The van der Waals surface area contributed by atoms with Crippen molar-refractivity contribution in [3.8, 4) is 5.75 Å². The summed E-state index contributed by atoms with van der Waals surface area (Å²) < 4.78 is 45.1. The summed E-state index contributed by atoms with van der Waals surface area (Å²) in [4.78, 5) is 25.7. The molecular weight excluding hydrogens is 449 g/mol. The number of hydrogen-bond donors (Lipinski definition) is 2. The van der Waals surface area contributed by atoms with Gasteiger partial charge in [0.1, 0.15) is 11.9 Å². The SMILES string of the molecule is Cc1ccc(NC(=O)c2cccc(C(F)(F)F)c2)cc1OC1CCN(C(=O)O)C(C(C)(C)C)C1. The number of piperidine rings is 1. The second-order valence-corrected chi connectivity index (χ2v) is 9.63. The van der Waals surface area contributed by atoms with Gasteiger partial charge < -0.3 is 20.1 Å². The van der Waals surface area contributed by atoms with Crippen LogP contribution in [0.4, 0.5) is 23.7 Å². The molecule has 1 aliphatic heterocycles. The summed E-state index contributed by atoms with van der Waals surface area (Å²) in [5.74, 6) is -0.133. The highest BCUT2D eigenvalue weighted by Gasteiger charge is 2.39. The molecule has 184 valence electrons. The zero-order chi connectivity index (χ0) is 25.3. The van der Waals surface area contributed by atoms with Gasteiger partial charge >= 0.3 is 12.3 Å². The molecular formula is C25H29F3N2O4. The van der Waals surface area contributed by atoms with Gasteiger partial charge in [-0.3, -0.25) is 4.79 Å². The lowest BCUT2D eigenvalue weighted by atomic mass is 9.80. The highest BCUT2D eigenvalue weighted by molar-refractivity contribution is 6.04. The van der Waals surface area contributed by atoms with E-state index in [9.17, 15) is 27.9 Å². The van der Waals surface area contributed by atoms with Gasteiger partial charge in [-0.2, -0.15) is 13.2 Å². The number of rotatable bonds is 4. The minimum Gasteiger partial charge on any atom is -0.490 e. The number of carbonyl (C=O) groups is 2. The second kappa shape index (κ2) is 9.56. The van der Waals surface area contributed by atoms with E-state index in [1.54, 1.807) is 18.2 Å². The lowest BCUT2D eigenvalue weighted by molar-refractivity contribution is -0.137. The number of likely N-dealkylation sites (tertiary alicyclic amines) is 1. The molecule has 1 aliphatic rings. The van der Waals surface area contributed by atoms with Crippen molar-refractivity contribution in [2.45, 2.75) is 58.9 Å². The van der Waals surface area contributed by atoms with Crippen LogP contribution in [-0.4, -0.2) is 40.7 Å². The maximum atomic E-state index is 13.0. The van der Waals surface area contributed by atoms with Crippen molar-refractivity contribution in [2.24, 2.45) is 5.41 Å². The number of amides is 2. The Labute approximate surface area is 196 Å². The van der Waals surface area contributed by atoms with E-state index >= 15 is 0 Å². The summed E-state index contributed by atoms with van der Waals surface area (Å²) >= 11 is 0. The Morgan fingerprint density at radius 3 is 2.44 bits per heavy atom. The molecule has 0 bridgehead atoms. The molecule has 0 saturated carbocycles. The highest BCUT2D eigenvalue weighted by atomic mass is 19.4. The zero-order valence-corrected chi connectivity index (χ0v) is 19.6. The van der Waals surface area contributed by atoms with E-state index in [0.29, 0.717) is 30.8 Å². The summed E-state index contributed by atoms with van der Waals surface area (Å²) in [5.41, 5.74) is -0.0551. The normalized spacial score (nSPS) is 19.0. The molecule has 2 aromatic carbocycles. The van der Waals surface area contributed by atoms with Crippen LogP contribution in [0.1, 0.15) is 55.1 Å². The fraction of sp³-hybridized carbons (Fsp3) is 0.440. The summed E-state index contributed by atoms with van der Waals surface area (Å²) in [6.45, 7) is 8.18. The number of aryl methyl sites for hydroxylation is 1. The minimum absolute atomic E-state index is 0.105. The van der Waals surface area contributed by atoms with Crippen LogP contribution >= 0.6 is 0 Å². The first-order chi connectivity index (χ1) is 15.8. The molecule has 1 heterocycles. The number of nitrogens with one attached hydrogen (secondary N) is 1. The monoisotopic (exact) mass is 478 g/mol. The lowest BCUT2D eigenvalue weighted by Gasteiger charge is -2.44. The first kappa shape index (κ1) is 25.4. The third-order valence-corrected chi connectivity index (χ3v) is 5.99. The minimum atomic E-state index is -4.54. The quantitative estimate of drug-likeness (QED) is 0.548. The zero-order valence-electron chi connectivity index (χ0n) is 19.6. The predicted octanol–water partition coefficient (Wildman–Crippen LogP) is 6.20. The molecule has 1 saturated heterocycles. The Morgan fingerprint density at radius 1 is 1.12 bits per heavy atom. The number of benzene rings is 2. The van der Waals surface area contributed by atoms with Gasteiger partial charge in [-0.15, -0.1) is 0 Å². The molecule has 3 rings (SSSR count). The summed E-state index contributed by atoms with van der Waals surface area (Å²) in [5, 5.41) is 12.2. The average Bonchev–Trinajstić information content (AvgIpc) is 2.74. The molecule has 2 N–H and O–H groups in total. The number of halogens is 3. The third kappa shape index (κ3) is 6.01. The smallest absolute Gasteiger partial charge is 0.416 e. The topological polar surface area (TPSA) is 78.9 Å². The average molecular weight is 479 g/mol. The van der Waals surface area contributed by atoms with E-state index < -0.39 is 23.7 Å². The van der Waals surface area contributed by atoms with Crippen LogP contribution in [0, 0.1) is 12.3 Å². The molecule has 0 aliphatic carbocycles. The highest BCUT2D eigenvalue weighted by Crippen LogP contribution is 2.35. The maximum Gasteiger partial charge on any atom is 0.416 e. The number of nitrogens with zero attached hydrogens (tertiary/aromatic N) is 1. The van der Waals surface area contributed by atoms with E-state index in [-0.39, 0.29) is 23.1 Å². The van der Waals surface area contributed by atoms with E-state index in [1.165, 1.54) is 17.0 Å². The van der Waals surface area contributed by atoms with Crippen molar-refractivity contribution < 1.29 is 32.6 Å². The predicted molar refractivity (Wildman–Crippen MR) is 122 cm³/mol. The van der Waals surface area contributed by atoms with Gasteiger partial charge in [0, 0.05) is 42.7 Å². The summed E-state index contributed by atoms with van der Waals surface area (Å²) in [7, 11) is 0. The van der Waals surface area contributed by atoms with Crippen LogP contribution in [0.25, 0.3) is 0 Å². The fourth-order valence-corrected chi connectivity index (χ4v) is 4.11. The Morgan fingerprint density at radius 2 is 1.82 bits per heavy atom. The van der Waals surface area contributed by atoms with Gasteiger partial charge in [0.05, 0.1) is 5.56 Å². The van der Waals surface area contributed by atoms with E-state index in [0.717, 1.165) is 17.7 Å².